The van der Waals surface area contributed by atoms with E-state index in [1.54, 1.807) is 18.4 Å². The lowest BCUT2D eigenvalue weighted by atomic mass is 10.2. The van der Waals surface area contributed by atoms with E-state index in [1.165, 1.54) is 17.6 Å². The van der Waals surface area contributed by atoms with E-state index in [0.29, 0.717) is 22.1 Å². The summed E-state index contributed by atoms with van der Waals surface area (Å²) in [5, 5.41) is 7.72. The van der Waals surface area contributed by atoms with Gasteiger partial charge in [0.25, 0.3) is 5.91 Å². The van der Waals surface area contributed by atoms with Crippen LogP contribution in [-0.4, -0.2) is 22.8 Å². The summed E-state index contributed by atoms with van der Waals surface area (Å²) in [5.41, 5.74) is 1.11. The average molecular weight is 307 g/mol. The first-order valence-corrected chi connectivity index (χ1v) is 7.43. The number of furan rings is 1. The molecule has 0 aliphatic heterocycles. The number of thiazole rings is 1. The topological polar surface area (TPSA) is 84.2 Å². The van der Waals surface area contributed by atoms with Crippen molar-refractivity contribution in [3.05, 3.63) is 34.7 Å². The Morgan fingerprint density at radius 3 is 2.81 bits per heavy atom. The summed E-state index contributed by atoms with van der Waals surface area (Å²) in [4.78, 5) is 27.9. The van der Waals surface area contributed by atoms with E-state index >= 15 is 0 Å². The second-order valence-electron chi connectivity index (χ2n) is 4.89. The molecule has 0 saturated heterocycles. The minimum Gasteiger partial charge on any atom is -0.469 e. The zero-order valence-electron chi connectivity index (χ0n) is 12.1. The molecule has 112 valence electrons. The lowest BCUT2D eigenvalue weighted by molar-refractivity contribution is -0.120. The van der Waals surface area contributed by atoms with Gasteiger partial charge in [-0.05, 0) is 26.8 Å². The van der Waals surface area contributed by atoms with Crippen LogP contribution in [0.5, 0.6) is 0 Å². The third-order valence-corrected chi connectivity index (χ3v) is 3.47. The summed E-state index contributed by atoms with van der Waals surface area (Å²) in [5.74, 6) is 0.202. The zero-order chi connectivity index (χ0) is 15.4. The molecule has 0 fully saturated rings. The Labute approximate surface area is 126 Å². The third-order valence-electron chi connectivity index (χ3n) is 2.67. The Morgan fingerprint density at radius 2 is 2.19 bits per heavy atom. The van der Waals surface area contributed by atoms with Gasteiger partial charge in [-0.1, -0.05) is 0 Å². The predicted molar refractivity (Wildman–Crippen MR) is 80.5 cm³/mol. The molecule has 0 aromatic carbocycles. The summed E-state index contributed by atoms with van der Waals surface area (Å²) in [6.07, 6.45) is 1.67. The summed E-state index contributed by atoms with van der Waals surface area (Å²) in [6, 6.07) is 1.70. The van der Waals surface area contributed by atoms with Gasteiger partial charge in [-0.2, -0.15) is 0 Å². The van der Waals surface area contributed by atoms with Crippen LogP contribution in [0.25, 0.3) is 0 Å². The Kier molecular flexibility index (Phi) is 4.74. The van der Waals surface area contributed by atoms with E-state index in [1.807, 2.05) is 13.8 Å². The molecular weight excluding hydrogens is 290 g/mol. The molecule has 2 heterocycles. The van der Waals surface area contributed by atoms with Crippen molar-refractivity contribution in [1.82, 2.24) is 10.3 Å². The Bertz CT molecular complexity index is 645. The molecule has 0 saturated carbocycles. The van der Waals surface area contributed by atoms with E-state index in [9.17, 15) is 9.59 Å². The first-order chi connectivity index (χ1) is 9.95. The number of carbonyl (C=O) groups excluding carboxylic acids is 2. The lowest BCUT2D eigenvalue weighted by Gasteiger charge is -2.06. The highest BCUT2D eigenvalue weighted by Gasteiger charge is 2.14. The van der Waals surface area contributed by atoms with E-state index < -0.39 is 0 Å². The van der Waals surface area contributed by atoms with Gasteiger partial charge in [-0.25, -0.2) is 4.98 Å². The molecule has 0 aliphatic rings. The van der Waals surface area contributed by atoms with Crippen LogP contribution in [0, 0.1) is 6.92 Å². The minimum atomic E-state index is -0.270. The van der Waals surface area contributed by atoms with Gasteiger partial charge < -0.3 is 9.73 Å². The maximum absolute atomic E-state index is 12.0. The largest absolute Gasteiger partial charge is 0.469 e. The monoisotopic (exact) mass is 307 g/mol. The molecule has 2 rings (SSSR count). The number of aromatic nitrogens is 1. The van der Waals surface area contributed by atoms with Crippen molar-refractivity contribution in [3.8, 4) is 0 Å². The molecule has 0 spiro atoms. The van der Waals surface area contributed by atoms with Crippen molar-refractivity contribution in [2.45, 2.75) is 33.2 Å². The van der Waals surface area contributed by atoms with Crippen molar-refractivity contribution in [3.63, 3.8) is 0 Å². The number of hydrogen-bond acceptors (Lipinski definition) is 5. The molecule has 0 unspecified atom stereocenters. The fraction of sp³-hybridized carbons (Fsp3) is 0.357. The molecule has 2 amide bonds. The van der Waals surface area contributed by atoms with Gasteiger partial charge in [0.2, 0.25) is 5.91 Å². The SMILES string of the molecule is Cc1occc1C(=O)Nc1nc(CC(=O)NC(C)C)cs1. The van der Waals surface area contributed by atoms with Crippen molar-refractivity contribution < 1.29 is 14.0 Å². The van der Waals surface area contributed by atoms with Gasteiger partial charge in [-0.3, -0.25) is 14.9 Å². The maximum Gasteiger partial charge on any atom is 0.260 e. The van der Waals surface area contributed by atoms with Gasteiger partial charge in [0.1, 0.15) is 5.76 Å². The van der Waals surface area contributed by atoms with Gasteiger partial charge in [0.05, 0.1) is 23.9 Å². The molecule has 0 radical (unpaired) electrons. The van der Waals surface area contributed by atoms with Crippen LogP contribution in [0.1, 0.15) is 35.7 Å². The van der Waals surface area contributed by atoms with Crippen molar-refractivity contribution in [2.75, 3.05) is 5.32 Å². The summed E-state index contributed by atoms with van der Waals surface area (Å²) >= 11 is 1.29. The van der Waals surface area contributed by atoms with Crippen LogP contribution in [-0.2, 0) is 11.2 Å². The third kappa shape index (κ3) is 4.16. The number of rotatable bonds is 5. The molecule has 0 bridgehead atoms. The predicted octanol–water partition coefficient (Wildman–Crippen LogP) is 2.36. The second-order valence-corrected chi connectivity index (χ2v) is 5.75. The Hall–Kier alpha value is -2.15. The van der Waals surface area contributed by atoms with Crippen molar-refractivity contribution in [2.24, 2.45) is 0 Å². The zero-order valence-corrected chi connectivity index (χ0v) is 12.9. The van der Waals surface area contributed by atoms with Crippen LogP contribution in [0.4, 0.5) is 5.13 Å². The quantitative estimate of drug-likeness (QED) is 0.888. The summed E-state index contributed by atoms with van der Waals surface area (Å²) < 4.78 is 5.09. The number of anilines is 1. The van der Waals surface area contributed by atoms with Crippen molar-refractivity contribution >= 4 is 28.3 Å². The van der Waals surface area contributed by atoms with Crippen LogP contribution >= 0.6 is 11.3 Å². The van der Waals surface area contributed by atoms with E-state index in [4.69, 9.17) is 4.42 Å². The van der Waals surface area contributed by atoms with Gasteiger partial charge in [0, 0.05) is 11.4 Å². The number of nitrogens with one attached hydrogen (secondary N) is 2. The average Bonchev–Trinajstić information content (AvgIpc) is 2.97. The second kappa shape index (κ2) is 6.53. The van der Waals surface area contributed by atoms with Gasteiger partial charge in [-0.15, -0.1) is 11.3 Å². The van der Waals surface area contributed by atoms with Gasteiger partial charge in [0.15, 0.2) is 5.13 Å². The minimum absolute atomic E-state index is 0.0844. The van der Waals surface area contributed by atoms with Crippen molar-refractivity contribution in [1.29, 1.82) is 0 Å². The molecular formula is C14H17N3O3S. The summed E-state index contributed by atoms with van der Waals surface area (Å²) in [6.45, 7) is 5.52. The van der Waals surface area contributed by atoms with E-state index in [0.717, 1.165) is 0 Å². The standard InChI is InChI=1S/C14H17N3O3S/c1-8(2)15-12(18)6-10-7-21-14(16-10)17-13(19)11-4-5-20-9(11)3/h4-5,7-8H,6H2,1-3H3,(H,15,18)(H,16,17,19). The van der Waals surface area contributed by atoms with E-state index in [2.05, 4.69) is 15.6 Å². The highest BCUT2D eigenvalue weighted by molar-refractivity contribution is 7.14. The van der Waals surface area contributed by atoms with E-state index in [-0.39, 0.29) is 24.3 Å². The lowest BCUT2D eigenvalue weighted by Crippen LogP contribution is -2.31. The number of aryl methyl sites for hydroxylation is 1. The molecule has 0 aliphatic carbocycles. The smallest absolute Gasteiger partial charge is 0.260 e. The molecule has 21 heavy (non-hydrogen) atoms. The normalized spacial score (nSPS) is 10.7. The number of amides is 2. The van der Waals surface area contributed by atoms with Crippen LogP contribution in [0.2, 0.25) is 0 Å². The molecule has 7 heteroatoms. The number of carbonyl (C=O) groups is 2. The highest BCUT2D eigenvalue weighted by atomic mass is 32.1. The Balaban J connectivity index is 1.96. The highest BCUT2D eigenvalue weighted by Crippen LogP contribution is 2.18. The molecule has 2 aromatic heterocycles. The molecule has 2 aromatic rings. The van der Waals surface area contributed by atoms with Crippen LogP contribution in [0.3, 0.4) is 0 Å². The van der Waals surface area contributed by atoms with Crippen LogP contribution < -0.4 is 10.6 Å². The number of nitrogens with zero attached hydrogens (tertiary/aromatic N) is 1. The fourth-order valence-electron chi connectivity index (χ4n) is 1.77. The maximum atomic E-state index is 12.0. The first-order valence-electron chi connectivity index (χ1n) is 6.55. The molecule has 2 N–H and O–H groups in total. The first kappa shape index (κ1) is 15.2. The molecule has 0 atom stereocenters. The number of hydrogen-bond donors (Lipinski definition) is 2. The Morgan fingerprint density at radius 1 is 1.43 bits per heavy atom. The van der Waals surface area contributed by atoms with Crippen LogP contribution in [0.15, 0.2) is 22.1 Å². The fourth-order valence-corrected chi connectivity index (χ4v) is 2.47. The van der Waals surface area contributed by atoms with Gasteiger partial charge >= 0.3 is 0 Å². The molecule has 6 nitrogen and oxygen atoms in total. The summed E-state index contributed by atoms with van der Waals surface area (Å²) in [7, 11) is 0.